The highest BCUT2D eigenvalue weighted by molar-refractivity contribution is 5.18. The smallest absolute Gasteiger partial charge is 0.262 e. The number of ether oxygens (including phenoxy) is 2. The summed E-state index contributed by atoms with van der Waals surface area (Å²) in [6.45, 7) is 13.3. The summed E-state index contributed by atoms with van der Waals surface area (Å²) in [4.78, 5) is 0. The monoisotopic (exact) mass is 480 g/mol. The first-order valence-corrected chi connectivity index (χ1v) is 14.6. The van der Waals surface area contributed by atoms with E-state index < -0.39 is 0 Å². The molecule has 0 aromatic rings. The Bertz CT molecular complexity index is 763. The van der Waals surface area contributed by atoms with Crippen LogP contribution in [0.5, 0.6) is 0 Å². The Morgan fingerprint density at radius 1 is 0.657 bits per heavy atom. The summed E-state index contributed by atoms with van der Waals surface area (Å²) in [5.74, 6) is 3.56. The minimum atomic E-state index is -0.260. The van der Waals surface area contributed by atoms with Gasteiger partial charge in [-0.05, 0) is 91.9 Å². The number of hydrogen-bond acceptors (Lipinski definition) is 2. The molecule has 2 heteroatoms. The maximum absolute atomic E-state index is 6.55. The van der Waals surface area contributed by atoms with Crippen LogP contribution in [0.4, 0.5) is 0 Å². The Hall–Kier alpha value is -1.70. The van der Waals surface area contributed by atoms with Crippen LogP contribution in [0.1, 0.15) is 130 Å². The molecule has 0 amide bonds. The maximum Gasteiger partial charge on any atom is 0.262 e. The molecule has 0 atom stereocenters. The van der Waals surface area contributed by atoms with Gasteiger partial charge in [-0.1, -0.05) is 80.1 Å². The molecule has 0 aromatic heterocycles. The van der Waals surface area contributed by atoms with E-state index in [9.17, 15) is 0 Å². The van der Waals surface area contributed by atoms with Gasteiger partial charge in [-0.25, -0.2) is 0 Å². The van der Waals surface area contributed by atoms with Crippen molar-refractivity contribution >= 4 is 0 Å². The van der Waals surface area contributed by atoms with Gasteiger partial charge in [0, 0.05) is 17.4 Å². The topological polar surface area (TPSA) is 18.5 Å². The third kappa shape index (κ3) is 9.36. The van der Waals surface area contributed by atoms with Crippen molar-refractivity contribution in [2.75, 3.05) is 0 Å². The van der Waals surface area contributed by atoms with E-state index in [0.29, 0.717) is 11.8 Å². The second-order valence-electron chi connectivity index (χ2n) is 11.6. The Balaban J connectivity index is 1.45. The largest absolute Gasteiger partial charge is 0.452 e. The van der Waals surface area contributed by atoms with Gasteiger partial charge in [0.15, 0.2) is 0 Å². The molecule has 35 heavy (non-hydrogen) atoms. The van der Waals surface area contributed by atoms with Crippen molar-refractivity contribution in [2.45, 2.75) is 137 Å². The van der Waals surface area contributed by atoms with Crippen LogP contribution in [-0.4, -0.2) is 6.29 Å². The van der Waals surface area contributed by atoms with E-state index in [4.69, 9.17) is 9.47 Å². The van der Waals surface area contributed by atoms with Crippen molar-refractivity contribution in [1.29, 1.82) is 0 Å². The van der Waals surface area contributed by atoms with Crippen LogP contribution in [0.25, 0.3) is 0 Å². The lowest BCUT2D eigenvalue weighted by atomic mass is 9.83. The molecule has 2 fully saturated rings. The predicted octanol–water partition coefficient (Wildman–Crippen LogP) is 10.5. The predicted molar refractivity (Wildman–Crippen MR) is 150 cm³/mol. The molecule has 3 rings (SSSR count). The molecule has 0 N–H and O–H groups in total. The van der Waals surface area contributed by atoms with Crippen LogP contribution in [0, 0.1) is 11.8 Å². The molecule has 1 aliphatic heterocycles. The second kappa shape index (κ2) is 14.8. The van der Waals surface area contributed by atoms with Crippen molar-refractivity contribution in [1.82, 2.24) is 0 Å². The van der Waals surface area contributed by atoms with Crippen LogP contribution < -0.4 is 0 Å². The molecule has 0 aromatic carbocycles. The van der Waals surface area contributed by atoms with Crippen molar-refractivity contribution in [3.8, 4) is 0 Å². The van der Waals surface area contributed by atoms with Gasteiger partial charge in [0.05, 0.1) is 0 Å². The van der Waals surface area contributed by atoms with Gasteiger partial charge in [0.2, 0.25) is 0 Å². The highest BCUT2D eigenvalue weighted by Crippen LogP contribution is 2.44. The van der Waals surface area contributed by atoms with Crippen molar-refractivity contribution in [2.24, 2.45) is 11.8 Å². The lowest BCUT2D eigenvalue weighted by molar-refractivity contribution is -0.0245. The van der Waals surface area contributed by atoms with Gasteiger partial charge in [-0.3, -0.25) is 0 Å². The molecular formula is C33H52O2. The average molecular weight is 481 g/mol. The molecule has 0 saturated heterocycles. The fourth-order valence-electron chi connectivity index (χ4n) is 5.82. The zero-order chi connectivity index (χ0) is 25.0. The van der Waals surface area contributed by atoms with Crippen LogP contribution >= 0.6 is 0 Å². The summed E-state index contributed by atoms with van der Waals surface area (Å²) in [6.07, 6.45) is 26.6. The molecule has 0 unspecified atom stereocenters. The van der Waals surface area contributed by atoms with E-state index in [0.717, 1.165) is 37.7 Å². The van der Waals surface area contributed by atoms with Crippen LogP contribution in [-0.2, 0) is 9.47 Å². The minimum Gasteiger partial charge on any atom is -0.452 e. The molecule has 0 bridgehead atoms. The van der Waals surface area contributed by atoms with Gasteiger partial charge in [0.25, 0.3) is 6.29 Å². The normalized spacial score (nSPS) is 21.1. The van der Waals surface area contributed by atoms with Crippen LogP contribution in [0.3, 0.4) is 0 Å². The summed E-state index contributed by atoms with van der Waals surface area (Å²) in [5, 5.41) is 0. The first-order chi connectivity index (χ1) is 16.9. The summed E-state index contributed by atoms with van der Waals surface area (Å²) in [6, 6.07) is 0. The highest BCUT2D eigenvalue weighted by Gasteiger charge is 2.37. The van der Waals surface area contributed by atoms with Crippen LogP contribution in [0.15, 0.2) is 58.6 Å². The molecular weight excluding hydrogens is 428 g/mol. The molecule has 3 aliphatic rings. The SMILES string of the molecule is C=C(CCC=C(C)CCC=C(C)CCC=C(C)C)C1OC(C2CCCCC2)=C(C2CCCCC2)O1. The Morgan fingerprint density at radius 2 is 1.09 bits per heavy atom. The lowest BCUT2D eigenvalue weighted by Crippen LogP contribution is -2.15. The first kappa shape index (κ1) is 27.9. The summed E-state index contributed by atoms with van der Waals surface area (Å²) in [5.41, 5.74) is 5.50. The molecule has 2 aliphatic carbocycles. The summed E-state index contributed by atoms with van der Waals surface area (Å²) < 4.78 is 13.1. The number of rotatable bonds is 12. The van der Waals surface area contributed by atoms with E-state index in [2.05, 4.69) is 52.5 Å². The molecule has 0 radical (unpaired) electrons. The molecule has 0 spiro atoms. The Morgan fingerprint density at radius 3 is 1.54 bits per heavy atom. The van der Waals surface area contributed by atoms with Crippen molar-refractivity contribution < 1.29 is 9.47 Å². The number of hydrogen-bond donors (Lipinski definition) is 0. The summed E-state index contributed by atoms with van der Waals surface area (Å²) >= 11 is 0. The zero-order valence-electron chi connectivity index (χ0n) is 23.3. The van der Waals surface area contributed by atoms with Crippen LogP contribution in [0.2, 0.25) is 0 Å². The fourth-order valence-corrected chi connectivity index (χ4v) is 5.82. The zero-order valence-corrected chi connectivity index (χ0v) is 23.3. The van der Waals surface area contributed by atoms with E-state index in [1.165, 1.54) is 98.9 Å². The van der Waals surface area contributed by atoms with Gasteiger partial charge in [0.1, 0.15) is 11.5 Å². The highest BCUT2D eigenvalue weighted by atomic mass is 16.7. The third-order valence-corrected chi connectivity index (χ3v) is 8.08. The second-order valence-corrected chi connectivity index (χ2v) is 11.6. The van der Waals surface area contributed by atoms with E-state index >= 15 is 0 Å². The fraction of sp³-hybridized carbons (Fsp3) is 0.697. The lowest BCUT2D eigenvalue weighted by Gasteiger charge is -2.25. The molecule has 2 saturated carbocycles. The molecule has 1 heterocycles. The van der Waals surface area contributed by atoms with Crippen molar-refractivity contribution in [3.63, 3.8) is 0 Å². The Kier molecular flexibility index (Phi) is 11.8. The average Bonchev–Trinajstić information content (AvgIpc) is 3.31. The quantitative estimate of drug-likeness (QED) is 0.259. The maximum atomic E-state index is 6.55. The van der Waals surface area contributed by atoms with Gasteiger partial charge in [-0.15, -0.1) is 0 Å². The van der Waals surface area contributed by atoms with E-state index in [-0.39, 0.29) is 6.29 Å². The Labute approximate surface area is 216 Å². The van der Waals surface area contributed by atoms with Gasteiger partial charge >= 0.3 is 0 Å². The van der Waals surface area contributed by atoms with Gasteiger partial charge in [-0.2, -0.15) is 0 Å². The van der Waals surface area contributed by atoms with Gasteiger partial charge < -0.3 is 9.47 Å². The first-order valence-electron chi connectivity index (χ1n) is 14.6. The van der Waals surface area contributed by atoms with Crippen molar-refractivity contribution in [3.05, 3.63) is 58.6 Å². The van der Waals surface area contributed by atoms with E-state index in [1.807, 2.05) is 0 Å². The standard InChI is InChI=1S/C33H52O2/c1-25(2)15-12-16-26(3)17-13-18-27(4)19-14-20-28(5)33-34-31(29-21-8-6-9-22-29)32(35-33)30-23-10-7-11-24-30/h15,17,19,29-30,33H,5-14,16,18,20-24H2,1-4H3. The van der Waals surface area contributed by atoms with E-state index in [1.54, 1.807) is 0 Å². The minimum absolute atomic E-state index is 0.260. The summed E-state index contributed by atoms with van der Waals surface area (Å²) in [7, 11) is 0. The molecule has 196 valence electrons. The number of allylic oxidation sites excluding steroid dienone is 8. The molecule has 2 nitrogen and oxygen atoms in total. The third-order valence-electron chi connectivity index (χ3n) is 8.08.